The van der Waals surface area contributed by atoms with Gasteiger partial charge in [0, 0.05) is 31.0 Å². The molecule has 3 rings (SSSR count). The summed E-state index contributed by atoms with van der Waals surface area (Å²) in [6.45, 7) is 1.76. The monoisotopic (exact) mass is 407 g/mol. The van der Waals surface area contributed by atoms with E-state index < -0.39 is 5.25 Å². The first-order valence-corrected chi connectivity index (χ1v) is 9.73. The summed E-state index contributed by atoms with van der Waals surface area (Å²) < 4.78 is 1.39. The first-order chi connectivity index (χ1) is 13.9. The molecule has 2 aromatic carbocycles. The molecular weight excluding hydrogens is 386 g/mol. The summed E-state index contributed by atoms with van der Waals surface area (Å²) in [5.74, 6) is 6.49. The Morgan fingerprint density at radius 1 is 1.24 bits per heavy atom. The minimum atomic E-state index is -0.465. The van der Waals surface area contributed by atoms with Gasteiger partial charge in [0.05, 0.1) is 16.9 Å². The second-order valence-corrected chi connectivity index (χ2v) is 7.87. The third-order valence-electron chi connectivity index (χ3n) is 4.20. The molecule has 0 radical (unpaired) electrons. The average molecular weight is 408 g/mol. The van der Waals surface area contributed by atoms with Crippen molar-refractivity contribution in [1.29, 1.82) is 5.26 Å². The normalized spacial score (nSPS) is 11.5. The highest BCUT2D eigenvalue weighted by atomic mass is 32.2. The van der Waals surface area contributed by atoms with Gasteiger partial charge in [0.15, 0.2) is 5.82 Å². The van der Waals surface area contributed by atoms with Crippen LogP contribution in [0, 0.1) is 11.3 Å². The molecule has 3 N–H and O–H groups in total. The number of benzene rings is 2. The molecule has 0 aliphatic carbocycles. The van der Waals surface area contributed by atoms with Gasteiger partial charge in [-0.1, -0.05) is 30.0 Å². The molecule has 8 nitrogen and oxygen atoms in total. The number of anilines is 2. The van der Waals surface area contributed by atoms with E-state index in [1.165, 1.54) is 16.4 Å². The van der Waals surface area contributed by atoms with Crippen LogP contribution in [0.3, 0.4) is 0 Å². The Morgan fingerprint density at radius 3 is 2.72 bits per heavy atom. The maximum atomic E-state index is 12.5. The van der Waals surface area contributed by atoms with Gasteiger partial charge in [-0.15, -0.1) is 10.2 Å². The molecule has 9 heteroatoms. The quantitative estimate of drug-likeness (QED) is 0.477. The molecule has 1 unspecified atom stereocenters. The fourth-order valence-corrected chi connectivity index (χ4v) is 3.37. The first kappa shape index (κ1) is 20.2. The van der Waals surface area contributed by atoms with E-state index in [0.717, 1.165) is 11.3 Å². The van der Waals surface area contributed by atoms with Crippen LogP contribution >= 0.6 is 11.8 Å². The number of amides is 1. The van der Waals surface area contributed by atoms with Crippen molar-refractivity contribution < 1.29 is 4.79 Å². The minimum Gasteiger partial charge on any atom is -0.378 e. The van der Waals surface area contributed by atoms with Crippen LogP contribution in [0.15, 0.2) is 53.7 Å². The number of nitrogen functional groups attached to an aromatic ring is 1. The van der Waals surface area contributed by atoms with Crippen LogP contribution < -0.4 is 16.1 Å². The molecule has 1 aromatic heterocycles. The number of thioether (sulfide) groups is 1. The van der Waals surface area contributed by atoms with Crippen molar-refractivity contribution in [2.45, 2.75) is 17.3 Å². The zero-order chi connectivity index (χ0) is 21.0. The molecule has 29 heavy (non-hydrogen) atoms. The third-order valence-corrected chi connectivity index (χ3v) is 5.25. The van der Waals surface area contributed by atoms with Crippen LogP contribution in [0.25, 0.3) is 11.4 Å². The second kappa shape index (κ2) is 8.67. The zero-order valence-corrected chi connectivity index (χ0v) is 17.1. The van der Waals surface area contributed by atoms with Crippen LogP contribution in [0.1, 0.15) is 12.5 Å². The van der Waals surface area contributed by atoms with Crippen LogP contribution in [-0.2, 0) is 4.79 Å². The van der Waals surface area contributed by atoms with Crippen molar-refractivity contribution in [3.8, 4) is 17.5 Å². The summed E-state index contributed by atoms with van der Waals surface area (Å²) in [5, 5.41) is 20.1. The predicted molar refractivity (Wildman–Crippen MR) is 115 cm³/mol. The van der Waals surface area contributed by atoms with Crippen molar-refractivity contribution in [3.05, 3.63) is 54.1 Å². The van der Waals surface area contributed by atoms with E-state index >= 15 is 0 Å². The smallest absolute Gasteiger partial charge is 0.237 e. The van der Waals surface area contributed by atoms with Crippen molar-refractivity contribution in [1.82, 2.24) is 14.9 Å². The average Bonchev–Trinajstić information content (AvgIpc) is 3.08. The van der Waals surface area contributed by atoms with Gasteiger partial charge in [-0.25, -0.2) is 4.68 Å². The number of carbonyl (C=O) groups is 1. The molecular formula is C20H21N7OS. The highest BCUT2D eigenvalue weighted by molar-refractivity contribution is 8.00. The first-order valence-electron chi connectivity index (χ1n) is 8.85. The molecule has 0 fully saturated rings. The fourth-order valence-electron chi connectivity index (χ4n) is 2.60. The lowest BCUT2D eigenvalue weighted by molar-refractivity contribution is -0.115. The van der Waals surface area contributed by atoms with Crippen LogP contribution in [0.4, 0.5) is 11.4 Å². The van der Waals surface area contributed by atoms with Crippen molar-refractivity contribution >= 4 is 29.0 Å². The Balaban J connectivity index is 1.73. The van der Waals surface area contributed by atoms with Gasteiger partial charge in [-0.2, -0.15) is 5.26 Å². The Labute approximate surface area is 173 Å². The Kier molecular flexibility index (Phi) is 6.04. The lowest BCUT2D eigenvalue weighted by atomic mass is 10.2. The SMILES string of the molecule is CC(Sc1nnc(-c2cccc(N(C)C)c2)n1N)C(=O)Nc1cccc(C#N)c1. The molecule has 3 aromatic rings. The molecule has 1 atom stereocenters. The maximum absolute atomic E-state index is 12.5. The largest absolute Gasteiger partial charge is 0.378 e. The van der Waals surface area contributed by atoms with Gasteiger partial charge >= 0.3 is 0 Å². The molecule has 0 bridgehead atoms. The number of aromatic nitrogens is 3. The van der Waals surface area contributed by atoms with Gasteiger partial charge < -0.3 is 16.1 Å². The Morgan fingerprint density at radius 2 is 2.00 bits per heavy atom. The molecule has 1 amide bonds. The Hall–Kier alpha value is -3.51. The molecule has 148 valence electrons. The van der Waals surface area contributed by atoms with Crippen molar-refractivity contribution in [3.63, 3.8) is 0 Å². The van der Waals surface area contributed by atoms with Crippen LogP contribution in [0.2, 0.25) is 0 Å². The highest BCUT2D eigenvalue weighted by Crippen LogP contribution is 2.27. The summed E-state index contributed by atoms with van der Waals surface area (Å²) in [4.78, 5) is 14.5. The number of nitrogens with zero attached hydrogens (tertiary/aromatic N) is 5. The third kappa shape index (κ3) is 4.67. The summed E-state index contributed by atoms with van der Waals surface area (Å²) in [7, 11) is 3.92. The summed E-state index contributed by atoms with van der Waals surface area (Å²) in [6.07, 6.45) is 0. The minimum absolute atomic E-state index is 0.218. The van der Waals surface area contributed by atoms with Crippen molar-refractivity contribution in [2.75, 3.05) is 30.2 Å². The van der Waals surface area contributed by atoms with Gasteiger partial charge in [0.1, 0.15) is 0 Å². The molecule has 0 spiro atoms. The number of nitrogens with two attached hydrogens (primary N) is 1. The standard InChI is InChI=1S/C20H21N7OS/c1-13(19(28)23-16-8-4-6-14(10-16)12-21)29-20-25-24-18(27(20)22)15-7-5-9-17(11-15)26(2)3/h4-11,13H,22H2,1-3H3,(H,23,28). The van der Waals surface area contributed by atoms with E-state index in [4.69, 9.17) is 11.1 Å². The molecule has 0 aliphatic heterocycles. The number of rotatable bonds is 6. The van der Waals surface area contributed by atoms with E-state index in [0.29, 0.717) is 22.2 Å². The van der Waals surface area contributed by atoms with E-state index in [1.54, 1.807) is 31.2 Å². The van der Waals surface area contributed by atoms with Gasteiger partial charge in [-0.3, -0.25) is 4.79 Å². The van der Waals surface area contributed by atoms with Crippen LogP contribution in [0.5, 0.6) is 0 Å². The van der Waals surface area contributed by atoms with Gasteiger partial charge in [0.25, 0.3) is 0 Å². The molecule has 0 saturated carbocycles. The summed E-state index contributed by atoms with van der Waals surface area (Å²) in [5.41, 5.74) is 2.90. The topological polar surface area (TPSA) is 113 Å². The van der Waals surface area contributed by atoms with E-state index in [-0.39, 0.29) is 5.91 Å². The second-order valence-electron chi connectivity index (χ2n) is 6.56. The van der Waals surface area contributed by atoms with Gasteiger partial charge in [0.2, 0.25) is 11.1 Å². The zero-order valence-electron chi connectivity index (χ0n) is 16.3. The molecule has 0 aliphatic rings. The molecule has 0 saturated heterocycles. The lowest BCUT2D eigenvalue weighted by Gasteiger charge is -2.13. The van der Waals surface area contributed by atoms with Crippen LogP contribution in [-0.4, -0.2) is 40.1 Å². The van der Waals surface area contributed by atoms with E-state index in [2.05, 4.69) is 15.5 Å². The number of nitriles is 1. The summed E-state index contributed by atoms with van der Waals surface area (Å²) >= 11 is 1.21. The number of hydrogen-bond donors (Lipinski definition) is 2. The Bertz CT molecular complexity index is 1070. The number of nitrogens with one attached hydrogen (secondary N) is 1. The van der Waals surface area contributed by atoms with Gasteiger partial charge in [-0.05, 0) is 37.3 Å². The lowest BCUT2D eigenvalue weighted by Crippen LogP contribution is -2.23. The van der Waals surface area contributed by atoms with Crippen molar-refractivity contribution in [2.24, 2.45) is 0 Å². The number of hydrogen-bond acceptors (Lipinski definition) is 7. The maximum Gasteiger partial charge on any atom is 0.237 e. The summed E-state index contributed by atoms with van der Waals surface area (Å²) in [6, 6.07) is 16.6. The van der Waals surface area contributed by atoms with E-state index in [1.807, 2.05) is 49.3 Å². The van der Waals surface area contributed by atoms with E-state index in [9.17, 15) is 4.79 Å². The highest BCUT2D eigenvalue weighted by Gasteiger charge is 2.20. The number of carbonyl (C=O) groups excluding carboxylic acids is 1. The fraction of sp³-hybridized carbons (Fsp3) is 0.200. The predicted octanol–water partition coefficient (Wildman–Crippen LogP) is 2.72. The molecule has 1 heterocycles.